The van der Waals surface area contributed by atoms with Crippen molar-refractivity contribution in [2.75, 3.05) is 25.5 Å². The van der Waals surface area contributed by atoms with E-state index in [1.54, 1.807) is 13.1 Å². The Bertz CT molecular complexity index is 2220. The van der Waals surface area contributed by atoms with Crippen LogP contribution in [-0.2, 0) is 28.1 Å². The SMILES string of the molecule is CNC(=O)C(CCC=O)Nc1ccc(C2CCN(Cc3ccc(-c4c[nH]c(/C(=C\C=N)c5ccc(CNC(=O)c6noc(C(C)(C)C)n6)c(C)c5)c4)cc3)CC2)cc1. The van der Waals surface area contributed by atoms with E-state index in [4.69, 9.17) is 9.93 Å². The van der Waals surface area contributed by atoms with Crippen molar-refractivity contribution in [2.24, 2.45) is 0 Å². The zero-order chi connectivity index (χ0) is 41.2. The fourth-order valence-electron chi connectivity index (χ4n) is 7.29. The van der Waals surface area contributed by atoms with Gasteiger partial charge in [0.05, 0.1) is 0 Å². The first-order valence-corrected chi connectivity index (χ1v) is 19.9. The molecule has 58 heavy (non-hydrogen) atoms. The van der Waals surface area contributed by atoms with Gasteiger partial charge in [0.2, 0.25) is 11.8 Å². The number of anilines is 1. The molecule has 6 rings (SSSR count). The molecule has 5 aromatic rings. The molecule has 1 aliphatic rings. The van der Waals surface area contributed by atoms with Crippen molar-refractivity contribution in [3.8, 4) is 11.1 Å². The van der Waals surface area contributed by atoms with Gasteiger partial charge in [-0.1, -0.05) is 80.5 Å². The van der Waals surface area contributed by atoms with Gasteiger partial charge < -0.3 is 35.7 Å². The topological polar surface area (TPSA) is 169 Å². The summed E-state index contributed by atoms with van der Waals surface area (Å²) >= 11 is 0. The third kappa shape index (κ3) is 10.4. The molecule has 1 aliphatic heterocycles. The van der Waals surface area contributed by atoms with Crippen molar-refractivity contribution >= 4 is 35.6 Å². The Morgan fingerprint density at radius 3 is 2.40 bits per heavy atom. The van der Waals surface area contributed by atoms with E-state index in [9.17, 15) is 14.4 Å². The van der Waals surface area contributed by atoms with E-state index >= 15 is 0 Å². The Kier molecular flexibility index (Phi) is 13.5. The number of rotatable bonds is 16. The lowest BCUT2D eigenvalue weighted by atomic mass is 9.89. The summed E-state index contributed by atoms with van der Waals surface area (Å²) < 4.78 is 5.27. The van der Waals surface area contributed by atoms with Gasteiger partial charge in [-0.15, -0.1) is 0 Å². The third-order valence-corrected chi connectivity index (χ3v) is 10.7. The van der Waals surface area contributed by atoms with Crippen LogP contribution in [0.1, 0.15) is 102 Å². The lowest BCUT2D eigenvalue weighted by Crippen LogP contribution is -2.37. The highest BCUT2D eigenvalue weighted by Gasteiger charge is 2.25. The Morgan fingerprint density at radius 1 is 1.02 bits per heavy atom. The number of benzene rings is 3. The van der Waals surface area contributed by atoms with Crippen molar-refractivity contribution in [2.45, 2.75) is 83.8 Å². The lowest BCUT2D eigenvalue weighted by Gasteiger charge is -2.32. The molecule has 0 saturated carbocycles. The molecule has 3 heterocycles. The van der Waals surface area contributed by atoms with Crippen molar-refractivity contribution in [3.63, 3.8) is 0 Å². The van der Waals surface area contributed by atoms with Gasteiger partial charge in [-0.25, -0.2) is 0 Å². The molecule has 1 atom stereocenters. The zero-order valence-corrected chi connectivity index (χ0v) is 34.0. The van der Waals surface area contributed by atoms with E-state index < -0.39 is 11.9 Å². The molecule has 2 amide bonds. The molecule has 0 spiro atoms. The van der Waals surface area contributed by atoms with E-state index in [0.29, 0.717) is 31.2 Å². The maximum absolute atomic E-state index is 12.7. The quantitative estimate of drug-likeness (QED) is 0.0505. The number of amides is 2. The van der Waals surface area contributed by atoms with E-state index in [-0.39, 0.29) is 17.1 Å². The molecule has 0 radical (unpaired) electrons. The highest BCUT2D eigenvalue weighted by Crippen LogP contribution is 2.32. The van der Waals surface area contributed by atoms with Gasteiger partial charge in [-0.3, -0.25) is 14.5 Å². The number of carbonyl (C=O) groups is 3. The number of carbonyl (C=O) groups excluding carboxylic acids is 3. The number of piperidine rings is 1. The number of allylic oxidation sites excluding steroid dienone is 1. The average Bonchev–Trinajstić information content (AvgIpc) is 3.94. The number of aryl methyl sites for hydroxylation is 1. The number of aromatic amines is 1. The monoisotopic (exact) mass is 782 g/mol. The summed E-state index contributed by atoms with van der Waals surface area (Å²) in [7, 11) is 1.61. The van der Waals surface area contributed by atoms with Crippen LogP contribution in [-0.4, -0.2) is 70.5 Å². The van der Waals surface area contributed by atoms with Crippen LogP contribution in [0, 0.1) is 12.3 Å². The minimum atomic E-state index is -0.440. The maximum atomic E-state index is 12.7. The second-order valence-corrected chi connectivity index (χ2v) is 16.0. The highest BCUT2D eigenvalue weighted by atomic mass is 16.5. The molecule has 0 aliphatic carbocycles. The van der Waals surface area contributed by atoms with Crippen molar-refractivity contribution in [1.29, 1.82) is 5.41 Å². The number of aromatic nitrogens is 3. The molecule has 1 unspecified atom stereocenters. The third-order valence-electron chi connectivity index (χ3n) is 10.7. The summed E-state index contributed by atoms with van der Waals surface area (Å²) in [5.74, 6) is 0.408. The van der Waals surface area contributed by atoms with Crippen LogP contribution in [0.25, 0.3) is 16.7 Å². The van der Waals surface area contributed by atoms with Crippen molar-refractivity contribution < 1.29 is 18.9 Å². The van der Waals surface area contributed by atoms with Crippen LogP contribution < -0.4 is 16.0 Å². The molecule has 5 N–H and O–H groups in total. The van der Waals surface area contributed by atoms with Gasteiger partial charge in [0.25, 0.3) is 11.7 Å². The number of aldehydes is 1. The normalized spacial score (nSPS) is 14.5. The van der Waals surface area contributed by atoms with Gasteiger partial charge in [0.15, 0.2) is 0 Å². The summed E-state index contributed by atoms with van der Waals surface area (Å²) in [6.07, 6.45) is 8.89. The summed E-state index contributed by atoms with van der Waals surface area (Å²) in [6.45, 7) is 11.1. The number of hydrogen-bond acceptors (Lipinski definition) is 9. The molecular formula is C46H54N8O4. The predicted molar refractivity (Wildman–Crippen MR) is 228 cm³/mol. The second-order valence-electron chi connectivity index (χ2n) is 16.0. The highest BCUT2D eigenvalue weighted by molar-refractivity contribution is 5.91. The number of likely N-dealkylation sites (tertiary alicyclic amines) is 1. The molecular weight excluding hydrogens is 729 g/mol. The largest absolute Gasteiger partial charge is 0.374 e. The smallest absolute Gasteiger partial charge is 0.292 e. The first-order valence-electron chi connectivity index (χ1n) is 19.9. The van der Waals surface area contributed by atoms with Gasteiger partial charge in [0.1, 0.15) is 12.3 Å². The Morgan fingerprint density at radius 2 is 1.76 bits per heavy atom. The van der Waals surface area contributed by atoms with E-state index in [1.807, 2.05) is 58.2 Å². The Labute approximate surface area is 340 Å². The van der Waals surface area contributed by atoms with E-state index in [2.05, 4.69) is 84.5 Å². The first-order chi connectivity index (χ1) is 27.9. The molecule has 12 nitrogen and oxygen atoms in total. The van der Waals surface area contributed by atoms with Crippen LogP contribution in [0.2, 0.25) is 0 Å². The molecule has 1 saturated heterocycles. The standard InChI is InChI=1S/C46H54N8O4/c1-30-25-35(12-13-36(30)27-50-44(57)42-52-45(58-53-42)46(2,3)4)39(18-21-47)41-26-37(28-49-41)33-10-8-31(9-11-33)29-54-22-19-34(20-23-54)32-14-16-38(17-15-32)51-40(7-6-24-55)43(56)48-5/h8-18,21,24-26,28,34,40,47,49,51H,6-7,19-20,22-23,27,29H2,1-5H3,(H,48,56)(H,50,57)/b39-18-,47-21?. The minimum absolute atomic E-state index is 0.0160. The number of H-pyrrole nitrogens is 1. The maximum Gasteiger partial charge on any atom is 0.292 e. The van der Waals surface area contributed by atoms with Crippen LogP contribution >= 0.6 is 0 Å². The van der Waals surface area contributed by atoms with Crippen LogP contribution in [0.3, 0.4) is 0 Å². The van der Waals surface area contributed by atoms with Crippen LogP contribution in [0.4, 0.5) is 5.69 Å². The molecule has 12 heteroatoms. The molecule has 2 aromatic heterocycles. The molecule has 0 bridgehead atoms. The minimum Gasteiger partial charge on any atom is -0.374 e. The number of nitrogens with zero attached hydrogens (tertiary/aromatic N) is 3. The number of hydrogen-bond donors (Lipinski definition) is 5. The summed E-state index contributed by atoms with van der Waals surface area (Å²) in [5, 5.41) is 20.6. The fraction of sp³-hybridized carbons (Fsp3) is 0.348. The molecule has 3 aromatic carbocycles. The van der Waals surface area contributed by atoms with E-state index in [1.165, 1.54) is 17.3 Å². The summed E-state index contributed by atoms with van der Waals surface area (Å²) in [6, 6.07) is 24.9. The van der Waals surface area contributed by atoms with Gasteiger partial charge >= 0.3 is 0 Å². The predicted octanol–water partition coefficient (Wildman–Crippen LogP) is 7.57. The summed E-state index contributed by atoms with van der Waals surface area (Å²) in [5.41, 5.74) is 10.0. The van der Waals surface area contributed by atoms with Gasteiger partial charge in [0, 0.05) is 61.3 Å². The average molecular weight is 783 g/mol. The summed E-state index contributed by atoms with van der Waals surface area (Å²) in [4.78, 5) is 46.0. The fourth-order valence-corrected chi connectivity index (χ4v) is 7.29. The van der Waals surface area contributed by atoms with Crippen molar-refractivity contribution in [3.05, 3.63) is 130 Å². The zero-order valence-electron chi connectivity index (χ0n) is 34.0. The van der Waals surface area contributed by atoms with E-state index in [0.717, 1.165) is 83.5 Å². The lowest BCUT2D eigenvalue weighted by molar-refractivity contribution is -0.121. The first kappa shape index (κ1) is 41.5. The number of likely N-dealkylation sites (N-methyl/N-ethyl adjacent to an activating group) is 1. The van der Waals surface area contributed by atoms with Crippen molar-refractivity contribution in [1.82, 2.24) is 30.7 Å². The van der Waals surface area contributed by atoms with Crippen LogP contribution in [0.15, 0.2) is 89.6 Å². The Hall–Kier alpha value is -6.14. The van der Waals surface area contributed by atoms with Gasteiger partial charge in [-0.2, -0.15) is 4.98 Å². The Balaban J connectivity index is 1.01. The number of nitrogens with one attached hydrogen (secondary N) is 5. The van der Waals surface area contributed by atoms with Gasteiger partial charge in [-0.05, 0) is 108 Å². The molecule has 302 valence electrons. The molecule has 1 fully saturated rings. The second kappa shape index (κ2) is 18.9. The van der Waals surface area contributed by atoms with Crippen LogP contribution in [0.5, 0.6) is 0 Å².